The Labute approximate surface area is 108 Å². The quantitative estimate of drug-likeness (QED) is 0.889. The van der Waals surface area contributed by atoms with Crippen LogP contribution in [0.3, 0.4) is 0 Å². The van der Waals surface area contributed by atoms with E-state index in [4.69, 9.17) is 0 Å². The Kier molecular flexibility index (Phi) is 4.11. The van der Waals surface area contributed by atoms with Gasteiger partial charge in [-0.15, -0.1) is 0 Å². The molecular weight excluding hydrogens is 222 g/mol. The van der Waals surface area contributed by atoms with E-state index in [9.17, 15) is 5.11 Å². The summed E-state index contributed by atoms with van der Waals surface area (Å²) in [6.45, 7) is 4.10. The highest BCUT2D eigenvalue weighted by molar-refractivity contribution is 5.32. The van der Waals surface area contributed by atoms with Gasteiger partial charge in [-0.2, -0.15) is 0 Å². The summed E-state index contributed by atoms with van der Waals surface area (Å²) >= 11 is 0. The molecule has 0 radical (unpaired) electrons. The summed E-state index contributed by atoms with van der Waals surface area (Å²) < 4.78 is 0. The summed E-state index contributed by atoms with van der Waals surface area (Å²) in [6.07, 6.45) is 3.40. The molecule has 2 rings (SSSR count). The van der Waals surface area contributed by atoms with Crippen LogP contribution in [0.5, 0.6) is 0 Å². The summed E-state index contributed by atoms with van der Waals surface area (Å²) in [5, 5.41) is 10.3. The summed E-state index contributed by atoms with van der Waals surface area (Å²) in [7, 11) is 0. The lowest BCUT2D eigenvalue weighted by Gasteiger charge is -2.12. The summed E-state index contributed by atoms with van der Waals surface area (Å²) in [6, 6.07) is 12.0. The minimum absolute atomic E-state index is 0.567. The van der Waals surface area contributed by atoms with Crippen molar-refractivity contribution in [1.29, 1.82) is 0 Å². The van der Waals surface area contributed by atoms with E-state index >= 15 is 0 Å². The average Bonchev–Trinajstić information content (AvgIpc) is 2.39. The number of aromatic nitrogens is 1. The van der Waals surface area contributed by atoms with Crippen molar-refractivity contribution >= 4 is 0 Å². The molecule has 2 nitrogen and oxygen atoms in total. The van der Waals surface area contributed by atoms with Crippen LogP contribution < -0.4 is 0 Å². The molecule has 0 spiro atoms. The molecule has 94 valence electrons. The van der Waals surface area contributed by atoms with Crippen molar-refractivity contribution in [2.75, 3.05) is 0 Å². The van der Waals surface area contributed by atoms with Crippen LogP contribution in [-0.2, 0) is 6.42 Å². The van der Waals surface area contributed by atoms with Gasteiger partial charge in [0, 0.05) is 11.9 Å². The van der Waals surface area contributed by atoms with E-state index in [0.717, 1.165) is 29.7 Å². The molecular formula is C16H19NO. The van der Waals surface area contributed by atoms with E-state index in [2.05, 4.69) is 24.0 Å². The van der Waals surface area contributed by atoms with E-state index in [1.165, 1.54) is 5.56 Å². The molecule has 1 atom stereocenters. The van der Waals surface area contributed by atoms with E-state index in [1.54, 1.807) is 6.20 Å². The first-order chi connectivity index (χ1) is 8.70. The first kappa shape index (κ1) is 12.8. The van der Waals surface area contributed by atoms with Gasteiger partial charge in [0.15, 0.2) is 0 Å². The van der Waals surface area contributed by atoms with Gasteiger partial charge in [-0.3, -0.25) is 4.98 Å². The van der Waals surface area contributed by atoms with Crippen LogP contribution in [0.4, 0.5) is 0 Å². The Hall–Kier alpha value is -1.67. The molecule has 18 heavy (non-hydrogen) atoms. The van der Waals surface area contributed by atoms with Crippen LogP contribution in [0.1, 0.15) is 41.8 Å². The van der Waals surface area contributed by atoms with Crippen LogP contribution in [0.25, 0.3) is 0 Å². The standard InChI is InChI=1S/C16H19NO/c1-3-4-13-5-7-14(8-6-13)16(18)15-9-10-17-12(2)11-15/h5-11,16,18H,3-4H2,1-2H3. The fourth-order valence-corrected chi connectivity index (χ4v) is 2.09. The number of benzene rings is 1. The van der Waals surface area contributed by atoms with Crippen molar-refractivity contribution < 1.29 is 5.11 Å². The Morgan fingerprint density at radius 1 is 1.11 bits per heavy atom. The molecule has 1 aromatic heterocycles. The normalized spacial score (nSPS) is 12.4. The molecule has 2 aromatic rings. The van der Waals surface area contributed by atoms with Crippen molar-refractivity contribution in [1.82, 2.24) is 4.98 Å². The molecule has 1 N–H and O–H groups in total. The molecule has 0 fully saturated rings. The minimum atomic E-state index is -0.567. The zero-order valence-corrected chi connectivity index (χ0v) is 10.9. The number of rotatable bonds is 4. The highest BCUT2D eigenvalue weighted by Crippen LogP contribution is 2.22. The van der Waals surface area contributed by atoms with Crippen molar-refractivity contribution in [3.8, 4) is 0 Å². The lowest BCUT2D eigenvalue weighted by Crippen LogP contribution is -2.00. The predicted molar refractivity (Wildman–Crippen MR) is 73.5 cm³/mol. The van der Waals surface area contributed by atoms with Crippen molar-refractivity contribution in [2.24, 2.45) is 0 Å². The highest BCUT2D eigenvalue weighted by atomic mass is 16.3. The lowest BCUT2D eigenvalue weighted by atomic mass is 10.00. The molecule has 0 amide bonds. The topological polar surface area (TPSA) is 33.1 Å². The maximum Gasteiger partial charge on any atom is 0.104 e. The number of aryl methyl sites for hydroxylation is 2. The van der Waals surface area contributed by atoms with Gasteiger partial charge < -0.3 is 5.11 Å². The number of aliphatic hydroxyl groups excluding tert-OH is 1. The van der Waals surface area contributed by atoms with Crippen LogP contribution in [0, 0.1) is 6.92 Å². The van der Waals surface area contributed by atoms with E-state index < -0.39 is 6.10 Å². The van der Waals surface area contributed by atoms with Crippen LogP contribution in [0.15, 0.2) is 42.6 Å². The third-order valence-electron chi connectivity index (χ3n) is 3.07. The third-order valence-corrected chi connectivity index (χ3v) is 3.07. The van der Waals surface area contributed by atoms with Crippen molar-refractivity contribution in [2.45, 2.75) is 32.8 Å². The molecule has 1 heterocycles. The van der Waals surface area contributed by atoms with Gasteiger partial charge in [0.25, 0.3) is 0 Å². The van der Waals surface area contributed by atoms with Gasteiger partial charge in [0.05, 0.1) is 0 Å². The first-order valence-electron chi connectivity index (χ1n) is 6.40. The second-order valence-electron chi connectivity index (χ2n) is 4.62. The largest absolute Gasteiger partial charge is 0.384 e. The summed E-state index contributed by atoms with van der Waals surface area (Å²) in [5.74, 6) is 0. The monoisotopic (exact) mass is 241 g/mol. The van der Waals surface area contributed by atoms with Crippen molar-refractivity contribution in [3.05, 3.63) is 65.0 Å². The first-order valence-corrected chi connectivity index (χ1v) is 6.40. The fourth-order valence-electron chi connectivity index (χ4n) is 2.09. The molecule has 0 bridgehead atoms. The lowest BCUT2D eigenvalue weighted by molar-refractivity contribution is 0.220. The smallest absolute Gasteiger partial charge is 0.104 e. The number of hydrogen-bond donors (Lipinski definition) is 1. The SMILES string of the molecule is CCCc1ccc(C(O)c2ccnc(C)c2)cc1. The second-order valence-corrected chi connectivity index (χ2v) is 4.62. The molecule has 2 heteroatoms. The van der Waals surface area contributed by atoms with Crippen molar-refractivity contribution in [3.63, 3.8) is 0 Å². The average molecular weight is 241 g/mol. The number of pyridine rings is 1. The molecule has 0 aliphatic carbocycles. The molecule has 1 aromatic carbocycles. The summed E-state index contributed by atoms with van der Waals surface area (Å²) in [4.78, 5) is 4.14. The van der Waals surface area contributed by atoms with E-state index in [-0.39, 0.29) is 0 Å². The van der Waals surface area contributed by atoms with Gasteiger partial charge >= 0.3 is 0 Å². The molecule has 0 saturated heterocycles. The van der Waals surface area contributed by atoms with Crippen LogP contribution in [-0.4, -0.2) is 10.1 Å². The summed E-state index contributed by atoms with van der Waals surface area (Å²) in [5.41, 5.74) is 4.07. The minimum Gasteiger partial charge on any atom is -0.384 e. The van der Waals surface area contributed by atoms with Gasteiger partial charge in [-0.05, 0) is 42.2 Å². The third kappa shape index (κ3) is 2.96. The molecule has 0 aliphatic heterocycles. The number of nitrogens with zero attached hydrogens (tertiary/aromatic N) is 1. The molecule has 0 saturated carbocycles. The van der Waals surface area contributed by atoms with E-state index in [0.29, 0.717) is 0 Å². The molecule has 0 aliphatic rings. The van der Waals surface area contributed by atoms with Gasteiger partial charge in [0.2, 0.25) is 0 Å². The fraction of sp³-hybridized carbons (Fsp3) is 0.312. The zero-order valence-electron chi connectivity index (χ0n) is 10.9. The van der Waals surface area contributed by atoms with Crippen LogP contribution in [0.2, 0.25) is 0 Å². The van der Waals surface area contributed by atoms with Crippen LogP contribution >= 0.6 is 0 Å². The Balaban J connectivity index is 2.20. The Morgan fingerprint density at radius 2 is 1.83 bits per heavy atom. The van der Waals surface area contributed by atoms with Gasteiger partial charge in [0.1, 0.15) is 6.10 Å². The zero-order chi connectivity index (χ0) is 13.0. The second kappa shape index (κ2) is 5.78. The Morgan fingerprint density at radius 3 is 2.44 bits per heavy atom. The van der Waals surface area contributed by atoms with Gasteiger partial charge in [-0.1, -0.05) is 37.6 Å². The number of aliphatic hydroxyl groups is 1. The Bertz CT molecular complexity index is 505. The number of hydrogen-bond acceptors (Lipinski definition) is 2. The van der Waals surface area contributed by atoms with Gasteiger partial charge in [-0.25, -0.2) is 0 Å². The molecule has 1 unspecified atom stereocenters. The van der Waals surface area contributed by atoms with E-state index in [1.807, 2.05) is 31.2 Å². The maximum atomic E-state index is 10.3. The highest BCUT2D eigenvalue weighted by Gasteiger charge is 2.10. The maximum absolute atomic E-state index is 10.3. The predicted octanol–water partition coefficient (Wildman–Crippen LogP) is 3.42.